The van der Waals surface area contributed by atoms with Crippen LogP contribution in [0.3, 0.4) is 0 Å². The van der Waals surface area contributed by atoms with Gasteiger partial charge in [-0.3, -0.25) is 14.5 Å². The summed E-state index contributed by atoms with van der Waals surface area (Å²) >= 11 is 7.36. The number of amides is 1. The molecule has 1 fully saturated rings. The molecule has 4 heterocycles. The molecule has 1 aliphatic rings. The highest BCUT2D eigenvalue weighted by Crippen LogP contribution is 2.45. The lowest BCUT2D eigenvalue weighted by Crippen LogP contribution is -2.29. The van der Waals surface area contributed by atoms with Crippen LogP contribution >= 0.6 is 22.9 Å². The van der Waals surface area contributed by atoms with Gasteiger partial charge in [0.1, 0.15) is 17.1 Å². The minimum absolute atomic E-state index is 0.0296. The van der Waals surface area contributed by atoms with Crippen molar-refractivity contribution in [2.45, 2.75) is 19.9 Å². The first kappa shape index (κ1) is 23.2. The van der Waals surface area contributed by atoms with Gasteiger partial charge in [0, 0.05) is 11.2 Å². The van der Waals surface area contributed by atoms with Gasteiger partial charge in [-0.2, -0.15) is 0 Å². The molecule has 0 radical (unpaired) electrons. The second kappa shape index (κ2) is 8.43. The standard InChI is InChI=1S/C27H19ClN4O4S/c1-13-4-3-11-31-14(2)21(30-25(13)31)23(34)20-22(15-5-8-17(33)9-6-15)32(26(36)24(20)35)27-29-18-10-7-16(28)12-19(18)37-27/h3-12,22,33-34H,1-2H3/b23-20+. The number of aryl methyl sites for hydroxylation is 2. The van der Waals surface area contributed by atoms with Crippen LogP contribution in [-0.4, -0.2) is 36.3 Å². The van der Waals surface area contributed by atoms with E-state index in [2.05, 4.69) is 9.97 Å². The Morgan fingerprint density at radius 2 is 1.81 bits per heavy atom. The normalized spacial score (nSPS) is 17.4. The van der Waals surface area contributed by atoms with E-state index in [4.69, 9.17) is 11.6 Å². The zero-order chi connectivity index (χ0) is 26.0. The third kappa shape index (κ3) is 3.58. The lowest BCUT2D eigenvalue weighted by Gasteiger charge is -2.22. The van der Waals surface area contributed by atoms with Gasteiger partial charge in [-0.05, 0) is 61.4 Å². The number of aliphatic hydroxyl groups excluding tert-OH is 1. The highest BCUT2D eigenvalue weighted by molar-refractivity contribution is 7.22. The number of ketones is 1. The summed E-state index contributed by atoms with van der Waals surface area (Å²) in [5.74, 6) is -2.01. The Kier molecular flexibility index (Phi) is 5.29. The van der Waals surface area contributed by atoms with Crippen LogP contribution in [-0.2, 0) is 9.59 Å². The SMILES string of the molecule is Cc1cccn2c(C)c(/C(O)=C3\C(=O)C(=O)N(c4nc5ccc(Cl)cc5s4)C3c3ccc(O)cc3)nc12. The first-order valence-corrected chi connectivity index (χ1v) is 12.5. The Balaban J connectivity index is 1.60. The Morgan fingerprint density at radius 3 is 2.54 bits per heavy atom. The van der Waals surface area contributed by atoms with E-state index < -0.39 is 17.7 Å². The van der Waals surface area contributed by atoms with Gasteiger partial charge in [0.2, 0.25) is 0 Å². The van der Waals surface area contributed by atoms with Crippen molar-refractivity contribution in [2.24, 2.45) is 0 Å². The zero-order valence-corrected chi connectivity index (χ0v) is 21.2. The van der Waals surface area contributed by atoms with Crippen molar-refractivity contribution in [1.82, 2.24) is 14.4 Å². The number of imidazole rings is 1. The Labute approximate surface area is 219 Å². The van der Waals surface area contributed by atoms with E-state index in [1.54, 1.807) is 37.3 Å². The molecule has 2 aromatic carbocycles. The number of phenols is 1. The number of aromatic hydroxyl groups is 1. The number of nitrogens with zero attached hydrogens (tertiary/aromatic N) is 4. The van der Waals surface area contributed by atoms with Crippen molar-refractivity contribution < 1.29 is 19.8 Å². The quantitative estimate of drug-likeness (QED) is 0.180. The largest absolute Gasteiger partial charge is 0.508 e. The Bertz CT molecular complexity index is 1790. The van der Waals surface area contributed by atoms with Crippen LogP contribution in [0.1, 0.15) is 28.6 Å². The van der Waals surface area contributed by atoms with Crippen molar-refractivity contribution >= 4 is 61.4 Å². The number of rotatable bonds is 3. The molecule has 5 aromatic rings. The van der Waals surface area contributed by atoms with E-state index in [-0.39, 0.29) is 22.8 Å². The number of hydrogen-bond donors (Lipinski definition) is 2. The minimum Gasteiger partial charge on any atom is -0.508 e. The highest BCUT2D eigenvalue weighted by atomic mass is 35.5. The molecule has 3 aromatic heterocycles. The molecule has 0 spiro atoms. The van der Waals surface area contributed by atoms with E-state index in [0.717, 1.165) is 10.3 Å². The van der Waals surface area contributed by atoms with Crippen LogP contribution in [0.25, 0.3) is 21.6 Å². The summed E-state index contributed by atoms with van der Waals surface area (Å²) in [6.07, 6.45) is 1.82. The molecule has 0 bridgehead atoms. The number of phenolic OH excluding ortho intramolecular Hbond substituents is 1. The summed E-state index contributed by atoms with van der Waals surface area (Å²) < 4.78 is 2.58. The summed E-state index contributed by atoms with van der Waals surface area (Å²) in [4.78, 5) is 37.4. The lowest BCUT2D eigenvalue weighted by molar-refractivity contribution is -0.132. The van der Waals surface area contributed by atoms with Crippen LogP contribution in [0, 0.1) is 13.8 Å². The van der Waals surface area contributed by atoms with E-state index in [1.165, 1.54) is 28.4 Å². The second-order valence-electron chi connectivity index (χ2n) is 8.80. The number of aliphatic hydroxyl groups is 1. The molecular weight excluding hydrogens is 512 g/mol. The van der Waals surface area contributed by atoms with E-state index in [9.17, 15) is 19.8 Å². The third-order valence-corrected chi connectivity index (χ3v) is 7.76. The molecule has 184 valence electrons. The predicted octanol–water partition coefficient (Wildman–Crippen LogP) is 5.55. The van der Waals surface area contributed by atoms with Crippen molar-refractivity contribution in [2.75, 3.05) is 4.90 Å². The van der Waals surface area contributed by atoms with Gasteiger partial charge in [0.05, 0.1) is 27.5 Å². The molecule has 1 unspecified atom stereocenters. The molecule has 37 heavy (non-hydrogen) atoms. The van der Waals surface area contributed by atoms with Crippen molar-refractivity contribution in [1.29, 1.82) is 0 Å². The van der Waals surface area contributed by atoms with E-state index in [1.807, 2.05) is 29.7 Å². The first-order valence-electron chi connectivity index (χ1n) is 11.4. The summed E-state index contributed by atoms with van der Waals surface area (Å²) in [6, 6.07) is 14.1. The number of carbonyl (C=O) groups is 2. The van der Waals surface area contributed by atoms with Gasteiger partial charge in [-0.15, -0.1) is 0 Å². The number of thiazole rings is 1. The molecule has 10 heteroatoms. The number of aromatic nitrogens is 3. The number of hydrogen-bond acceptors (Lipinski definition) is 7. The number of halogens is 1. The predicted molar refractivity (Wildman–Crippen MR) is 142 cm³/mol. The number of benzene rings is 2. The molecular formula is C27H19ClN4O4S. The minimum atomic E-state index is -0.984. The summed E-state index contributed by atoms with van der Waals surface area (Å²) in [5, 5.41) is 22.2. The molecule has 1 saturated heterocycles. The molecule has 6 rings (SSSR count). The number of fused-ring (bicyclic) bond motifs is 2. The van der Waals surface area contributed by atoms with Gasteiger partial charge in [0.25, 0.3) is 5.78 Å². The Hall–Kier alpha value is -4.21. The number of Topliss-reactive ketones (excluding diaryl/α,β-unsaturated/α-hetero) is 1. The second-order valence-corrected chi connectivity index (χ2v) is 10.2. The van der Waals surface area contributed by atoms with Gasteiger partial charge >= 0.3 is 5.91 Å². The summed E-state index contributed by atoms with van der Waals surface area (Å²) in [5.41, 5.74) is 3.43. The molecule has 2 N–H and O–H groups in total. The van der Waals surface area contributed by atoms with Gasteiger partial charge in [0.15, 0.2) is 10.9 Å². The van der Waals surface area contributed by atoms with Crippen molar-refractivity contribution in [3.05, 3.63) is 93.9 Å². The maximum atomic E-state index is 13.5. The molecule has 1 atom stereocenters. The molecule has 1 amide bonds. The summed E-state index contributed by atoms with van der Waals surface area (Å²) in [6.45, 7) is 3.69. The van der Waals surface area contributed by atoms with Crippen LogP contribution in [0.4, 0.5) is 5.13 Å². The maximum absolute atomic E-state index is 13.5. The van der Waals surface area contributed by atoms with Crippen molar-refractivity contribution in [3.63, 3.8) is 0 Å². The van der Waals surface area contributed by atoms with Crippen molar-refractivity contribution in [3.8, 4) is 5.75 Å². The average molecular weight is 531 g/mol. The van der Waals surface area contributed by atoms with E-state index >= 15 is 0 Å². The Morgan fingerprint density at radius 1 is 1.05 bits per heavy atom. The molecule has 1 aliphatic heterocycles. The number of carbonyl (C=O) groups excluding carboxylic acids is 2. The third-order valence-electron chi connectivity index (χ3n) is 6.51. The average Bonchev–Trinajstić information content (AvgIpc) is 3.52. The number of anilines is 1. The van der Waals surface area contributed by atoms with Crippen LogP contribution < -0.4 is 4.90 Å². The van der Waals surface area contributed by atoms with Gasteiger partial charge in [-0.25, -0.2) is 9.97 Å². The van der Waals surface area contributed by atoms with Crippen LogP contribution in [0.5, 0.6) is 5.75 Å². The van der Waals surface area contributed by atoms with Crippen LogP contribution in [0.2, 0.25) is 5.02 Å². The monoisotopic (exact) mass is 530 g/mol. The number of pyridine rings is 1. The highest BCUT2D eigenvalue weighted by Gasteiger charge is 2.48. The molecule has 8 nitrogen and oxygen atoms in total. The zero-order valence-electron chi connectivity index (χ0n) is 19.6. The first-order chi connectivity index (χ1) is 17.7. The van der Waals surface area contributed by atoms with Crippen LogP contribution in [0.15, 0.2) is 66.4 Å². The topological polar surface area (TPSA) is 108 Å². The molecule has 0 aliphatic carbocycles. The smallest absolute Gasteiger partial charge is 0.301 e. The maximum Gasteiger partial charge on any atom is 0.301 e. The van der Waals surface area contributed by atoms with Gasteiger partial charge < -0.3 is 14.6 Å². The van der Waals surface area contributed by atoms with E-state index in [0.29, 0.717) is 32.6 Å². The van der Waals surface area contributed by atoms with Gasteiger partial charge in [-0.1, -0.05) is 41.1 Å². The fourth-order valence-corrected chi connectivity index (χ4v) is 5.93. The molecule has 0 saturated carbocycles. The summed E-state index contributed by atoms with van der Waals surface area (Å²) in [7, 11) is 0. The fraction of sp³-hybridized carbons (Fsp3) is 0.111. The fourth-order valence-electron chi connectivity index (χ4n) is 4.67. The lowest BCUT2D eigenvalue weighted by atomic mass is 9.96.